The molecule has 2 amide bonds. The van der Waals surface area contributed by atoms with Gasteiger partial charge in [-0.3, -0.25) is 9.59 Å². The Kier molecular flexibility index (Phi) is 4.57. The predicted molar refractivity (Wildman–Crippen MR) is 102 cm³/mol. The molecule has 4 nitrogen and oxygen atoms in total. The van der Waals surface area contributed by atoms with Gasteiger partial charge in [0.15, 0.2) is 0 Å². The van der Waals surface area contributed by atoms with Crippen molar-refractivity contribution >= 4 is 34.5 Å². The molecule has 1 saturated heterocycles. The minimum atomic E-state index is -0.0528. The van der Waals surface area contributed by atoms with Crippen molar-refractivity contribution in [3.8, 4) is 0 Å². The van der Waals surface area contributed by atoms with Gasteiger partial charge in [-0.25, -0.2) is 0 Å². The summed E-state index contributed by atoms with van der Waals surface area (Å²) in [6.07, 6.45) is 7.42. The van der Waals surface area contributed by atoms with Crippen LogP contribution in [0, 0.1) is 0 Å². The maximum absolute atomic E-state index is 12.6. The van der Waals surface area contributed by atoms with Crippen LogP contribution >= 0.6 is 11.3 Å². The maximum Gasteiger partial charge on any atom is 0.265 e. The van der Waals surface area contributed by atoms with Crippen LogP contribution in [0.1, 0.15) is 52.2 Å². The molecule has 130 valence electrons. The van der Waals surface area contributed by atoms with Crippen LogP contribution < -0.4 is 10.2 Å². The molecule has 1 aliphatic heterocycles. The number of aryl methyl sites for hydroxylation is 2. The molecule has 1 aliphatic carbocycles. The lowest BCUT2D eigenvalue weighted by Gasteiger charge is -2.16. The van der Waals surface area contributed by atoms with Gasteiger partial charge >= 0.3 is 0 Å². The molecule has 25 heavy (non-hydrogen) atoms. The van der Waals surface area contributed by atoms with E-state index < -0.39 is 0 Å². The van der Waals surface area contributed by atoms with Crippen molar-refractivity contribution in [2.24, 2.45) is 0 Å². The van der Waals surface area contributed by atoms with Crippen molar-refractivity contribution in [2.75, 3.05) is 16.8 Å². The van der Waals surface area contributed by atoms with Crippen molar-refractivity contribution in [3.05, 3.63) is 45.6 Å². The fourth-order valence-corrected chi connectivity index (χ4v) is 4.79. The standard InChI is InChI=1S/C20H22N2O2S/c23-19-10-5-11-22(19)16-8-4-7-15(13-16)21-20(24)18-12-14-6-2-1-3-9-17(14)25-18/h4,7-8,12-13H,1-3,5-6,9-11H2,(H,21,24). The third-order valence-corrected chi connectivity index (χ3v) is 6.20. The summed E-state index contributed by atoms with van der Waals surface area (Å²) in [5.74, 6) is 0.105. The molecule has 1 N–H and O–H groups in total. The zero-order valence-electron chi connectivity index (χ0n) is 14.2. The molecule has 4 rings (SSSR count). The van der Waals surface area contributed by atoms with Gasteiger partial charge < -0.3 is 10.2 Å². The highest BCUT2D eigenvalue weighted by Gasteiger charge is 2.22. The van der Waals surface area contributed by atoms with E-state index in [2.05, 4.69) is 11.4 Å². The Morgan fingerprint density at radius 2 is 1.92 bits per heavy atom. The quantitative estimate of drug-likeness (QED) is 0.831. The zero-order valence-corrected chi connectivity index (χ0v) is 15.0. The fourth-order valence-electron chi connectivity index (χ4n) is 3.64. The van der Waals surface area contributed by atoms with Gasteiger partial charge in [-0.1, -0.05) is 12.5 Å². The fraction of sp³-hybridized carbons (Fsp3) is 0.400. The highest BCUT2D eigenvalue weighted by molar-refractivity contribution is 7.14. The molecule has 0 atom stereocenters. The number of amides is 2. The Labute approximate surface area is 151 Å². The number of hydrogen-bond acceptors (Lipinski definition) is 3. The van der Waals surface area contributed by atoms with Gasteiger partial charge in [0.25, 0.3) is 5.91 Å². The van der Waals surface area contributed by atoms with Crippen LogP contribution in [0.15, 0.2) is 30.3 Å². The molecule has 0 unspecified atom stereocenters. The number of fused-ring (bicyclic) bond motifs is 1. The van der Waals surface area contributed by atoms with E-state index in [0.29, 0.717) is 6.42 Å². The highest BCUT2D eigenvalue weighted by atomic mass is 32.1. The predicted octanol–water partition coefficient (Wildman–Crippen LogP) is 4.40. The molecule has 1 aromatic carbocycles. The Morgan fingerprint density at radius 1 is 1.04 bits per heavy atom. The largest absolute Gasteiger partial charge is 0.321 e. The average Bonchev–Trinajstić information content (AvgIpc) is 3.16. The Balaban J connectivity index is 1.50. The first-order valence-electron chi connectivity index (χ1n) is 9.04. The summed E-state index contributed by atoms with van der Waals surface area (Å²) in [5.41, 5.74) is 2.96. The Hall–Kier alpha value is -2.14. The molecule has 2 aliphatic rings. The van der Waals surface area contributed by atoms with Crippen molar-refractivity contribution in [1.82, 2.24) is 0 Å². The highest BCUT2D eigenvalue weighted by Crippen LogP contribution is 2.30. The molecule has 5 heteroatoms. The molecule has 0 spiro atoms. The SMILES string of the molecule is O=C(Nc1cccc(N2CCCC2=O)c1)c1cc2c(s1)CCCCC2. The minimum absolute atomic E-state index is 0.0528. The number of anilines is 2. The second-order valence-electron chi connectivity index (χ2n) is 6.77. The minimum Gasteiger partial charge on any atom is -0.321 e. The number of hydrogen-bond donors (Lipinski definition) is 1. The monoisotopic (exact) mass is 354 g/mol. The third-order valence-electron chi connectivity index (χ3n) is 4.96. The van der Waals surface area contributed by atoms with E-state index in [-0.39, 0.29) is 11.8 Å². The molecular weight excluding hydrogens is 332 g/mol. The van der Waals surface area contributed by atoms with Gasteiger partial charge in [0.2, 0.25) is 5.91 Å². The molecule has 1 aromatic heterocycles. The van der Waals surface area contributed by atoms with Gasteiger partial charge in [-0.15, -0.1) is 11.3 Å². The molecule has 2 aromatic rings. The number of nitrogens with one attached hydrogen (secondary N) is 1. The second-order valence-corrected chi connectivity index (χ2v) is 7.91. The van der Waals surface area contributed by atoms with E-state index in [1.165, 1.54) is 29.7 Å². The first-order valence-corrected chi connectivity index (χ1v) is 9.86. The van der Waals surface area contributed by atoms with Crippen LogP contribution in [-0.4, -0.2) is 18.4 Å². The lowest BCUT2D eigenvalue weighted by molar-refractivity contribution is -0.117. The van der Waals surface area contributed by atoms with Gasteiger partial charge in [-0.2, -0.15) is 0 Å². The summed E-state index contributed by atoms with van der Waals surface area (Å²) in [6.45, 7) is 0.758. The van der Waals surface area contributed by atoms with Crippen LogP contribution in [0.25, 0.3) is 0 Å². The number of thiophene rings is 1. The summed E-state index contributed by atoms with van der Waals surface area (Å²) in [4.78, 5) is 28.5. The van der Waals surface area contributed by atoms with Gasteiger partial charge in [0.1, 0.15) is 0 Å². The number of rotatable bonds is 3. The molecular formula is C20H22N2O2S. The summed E-state index contributed by atoms with van der Waals surface area (Å²) in [7, 11) is 0. The summed E-state index contributed by atoms with van der Waals surface area (Å²) < 4.78 is 0. The van der Waals surface area contributed by atoms with Crippen LogP contribution in [0.2, 0.25) is 0 Å². The number of nitrogens with zero attached hydrogens (tertiary/aromatic N) is 1. The Morgan fingerprint density at radius 3 is 2.76 bits per heavy atom. The smallest absolute Gasteiger partial charge is 0.265 e. The van der Waals surface area contributed by atoms with E-state index in [9.17, 15) is 9.59 Å². The van der Waals surface area contributed by atoms with Crippen molar-refractivity contribution < 1.29 is 9.59 Å². The summed E-state index contributed by atoms with van der Waals surface area (Å²) in [6, 6.07) is 9.64. The topological polar surface area (TPSA) is 49.4 Å². The van der Waals surface area contributed by atoms with E-state index in [1.54, 1.807) is 16.2 Å². The number of carbonyl (C=O) groups excluding carboxylic acids is 2. The van der Waals surface area contributed by atoms with Crippen molar-refractivity contribution in [2.45, 2.75) is 44.9 Å². The van der Waals surface area contributed by atoms with Crippen molar-refractivity contribution in [1.29, 1.82) is 0 Å². The van der Waals surface area contributed by atoms with Gasteiger partial charge in [-0.05, 0) is 61.9 Å². The zero-order chi connectivity index (χ0) is 17.2. The van der Waals surface area contributed by atoms with E-state index in [4.69, 9.17) is 0 Å². The van der Waals surface area contributed by atoms with Gasteiger partial charge in [0, 0.05) is 29.2 Å². The normalized spacial score (nSPS) is 17.3. The summed E-state index contributed by atoms with van der Waals surface area (Å²) in [5, 5.41) is 3.00. The second kappa shape index (κ2) is 7.00. The first-order chi connectivity index (χ1) is 12.2. The average molecular weight is 354 g/mol. The molecule has 2 heterocycles. The van der Waals surface area contributed by atoms with Crippen LogP contribution in [0.5, 0.6) is 0 Å². The third kappa shape index (κ3) is 3.47. The lowest BCUT2D eigenvalue weighted by atomic mass is 10.1. The first kappa shape index (κ1) is 16.3. The molecule has 1 fully saturated rings. The van der Waals surface area contributed by atoms with E-state index in [0.717, 1.165) is 42.1 Å². The number of benzene rings is 1. The summed E-state index contributed by atoms with van der Waals surface area (Å²) >= 11 is 1.63. The molecule has 0 saturated carbocycles. The Bertz CT molecular complexity index is 788. The van der Waals surface area contributed by atoms with Crippen LogP contribution in [0.4, 0.5) is 11.4 Å². The van der Waals surface area contributed by atoms with E-state index >= 15 is 0 Å². The molecule has 0 radical (unpaired) electrons. The molecule has 0 bridgehead atoms. The van der Waals surface area contributed by atoms with Crippen LogP contribution in [-0.2, 0) is 17.6 Å². The van der Waals surface area contributed by atoms with Crippen molar-refractivity contribution in [3.63, 3.8) is 0 Å². The maximum atomic E-state index is 12.6. The van der Waals surface area contributed by atoms with Crippen LogP contribution in [0.3, 0.4) is 0 Å². The van der Waals surface area contributed by atoms with Gasteiger partial charge in [0.05, 0.1) is 4.88 Å². The van der Waals surface area contributed by atoms with E-state index in [1.807, 2.05) is 24.3 Å². The number of carbonyl (C=O) groups is 2. The lowest BCUT2D eigenvalue weighted by Crippen LogP contribution is -2.23.